The minimum Gasteiger partial charge on any atom is -0.508 e. The number of nitrogens with one attached hydrogen (secondary N) is 2. The number of carboxylic acid groups (broad SMARTS) is 1. The van der Waals surface area contributed by atoms with Gasteiger partial charge in [-0.05, 0) is 54.3 Å². The minimum atomic E-state index is -1.14. The van der Waals surface area contributed by atoms with Crippen LogP contribution in [0.5, 0.6) is 5.75 Å². The average molecular weight is 368 g/mol. The molecule has 3 rings (SSSR count). The van der Waals surface area contributed by atoms with Gasteiger partial charge in [-0.1, -0.05) is 12.1 Å². The standard InChI is InChI=1S/C20H20N2O5/c23-15-7-4-12(5-8-15)10-17(20(26)27)22-19(25)14-6-9-16-13(11-14)2-1-3-18(24)21-16/h4-9,11,17,23H,1-3,10H2,(H,21,24)(H,22,25)(H,26,27). The lowest BCUT2D eigenvalue weighted by atomic mass is 10.0. The van der Waals surface area contributed by atoms with Gasteiger partial charge >= 0.3 is 5.97 Å². The van der Waals surface area contributed by atoms with Crippen LogP contribution >= 0.6 is 0 Å². The SMILES string of the molecule is O=C1CCCc2cc(C(=O)NC(Cc3ccc(O)cc3)C(=O)O)ccc2N1. The van der Waals surface area contributed by atoms with Crippen molar-refractivity contribution < 1.29 is 24.6 Å². The smallest absolute Gasteiger partial charge is 0.326 e. The number of aliphatic carboxylic acids is 1. The molecule has 2 amide bonds. The van der Waals surface area contributed by atoms with Gasteiger partial charge < -0.3 is 20.8 Å². The zero-order chi connectivity index (χ0) is 19.4. The van der Waals surface area contributed by atoms with Crippen molar-refractivity contribution in [1.29, 1.82) is 0 Å². The molecule has 7 nitrogen and oxygen atoms in total. The highest BCUT2D eigenvalue weighted by molar-refractivity contribution is 5.98. The molecule has 1 unspecified atom stereocenters. The Labute approximate surface area is 156 Å². The number of aromatic hydroxyl groups is 1. The second-order valence-corrected chi connectivity index (χ2v) is 6.51. The molecule has 0 radical (unpaired) electrons. The number of aryl methyl sites for hydroxylation is 1. The first-order valence-electron chi connectivity index (χ1n) is 8.67. The lowest BCUT2D eigenvalue weighted by Gasteiger charge is -2.16. The average Bonchev–Trinajstić information content (AvgIpc) is 2.82. The number of rotatable bonds is 5. The number of benzene rings is 2. The van der Waals surface area contributed by atoms with E-state index in [2.05, 4.69) is 10.6 Å². The minimum absolute atomic E-state index is 0.0502. The highest BCUT2D eigenvalue weighted by atomic mass is 16.4. The van der Waals surface area contributed by atoms with Crippen LogP contribution in [0.3, 0.4) is 0 Å². The predicted molar refractivity (Wildman–Crippen MR) is 98.7 cm³/mol. The largest absolute Gasteiger partial charge is 0.508 e. The number of carboxylic acids is 1. The van der Waals surface area contributed by atoms with Crippen molar-refractivity contribution in [3.8, 4) is 5.75 Å². The lowest BCUT2D eigenvalue weighted by molar-refractivity contribution is -0.139. The highest BCUT2D eigenvalue weighted by Crippen LogP contribution is 2.23. The summed E-state index contributed by atoms with van der Waals surface area (Å²) in [6.45, 7) is 0. The molecule has 140 valence electrons. The van der Waals surface area contributed by atoms with E-state index in [1.807, 2.05) is 0 Å². The van der Waals surface area contributed by atoms with Crippen molar-refractivity contribution in [1.82, 2.24) is 5.32 Å². The van der Waals surface area contributed by atoms with Crippen LogP contribution in [0.1, 0.15) is 34.3 Å². The number of carbonyl (C=O) groups is 3. The fourth-order valence-electron chi connectivity index (χ4n) is 3.03. The van der Waals surface area contributed by atoms with Crippen LogP contribution in [-0.4, -0.2) is 34.0 Å². The third kappa shape index (κ3) is 4.63. The summed E-state index contributed by atoms with van der Waals surface area (Å²) in [6.07, 6.45) is 1.90. The van der Waals surface area contributed by atoms with Gasteiger partial charge in [0.1, 0.15) is 11.8 Å². The van der Waals surface area contributed by atoms with Crippen LogP contribution in [0.15, 0.2) is 42.5 Å². The van der Waals surface area contributed by atoms with Gasteiger partial charge in [0.15, 0.2) is 0 Å². The molecule has 7 heteroatoms. The Morgan fingerprint density at radius 1 is 1.11 bits per heavy atom. The Hall–Kier alpha value is -3.35. The maximum Gasteiger partial charge on any atom is 0.326 e. The van der Waals surface area contributed by atoms with Gasteiger partial charge in [-0.2, -0.15) is 0 Å². The van der Waals surface area contributed by atoms with E-state index in [0.717, 1.165) is 5.56 Å². The van der Waals surface area contributed by atoms with E-state index in [0.29, 0.717) is 36.1 Å². The Morgan fingerprint density at radius 2 is 1.85 bits per heavy atom. The molecule has 0 spiro atoms. The fourth-order valence-corrected chi connectivity index (χ4v) is 3.03. The third-order valence-corrected chi connectivity index (χ3v) is 4.47. The summed E-state index contributed by atoms with van der Waals surface area (Å²) in [5.41, 5.74) is 2.58. The zero-order valence-corrected chi connectivity index (χ0v) is 14.6. The monoisotopic (exact) mass is 368 g/mol. The van der Waals surface area contributed by atoms with E-state index in [1.165, 1.54) is 12.1 Å². The summed E-state index contributed by atoms with van der Waals surface area (Å²) in [6, 6.07) is 10.00. The van der Waals surface area contributed by atoms with Gasteiger partial charge in [0.05, 0.1) is 0 Å². The molecule has 0 aromatic heterocycles. The molecule has 2 aromatic carbocycles. The predicted octanol–water partition coefficient (Wildman–Crippen LogP) is 2.09. The number of phenolic OH excluding ortho intramolecular Hbond substituents is 1. The molecule has 0 saturated carbocycles. The molecule has 1 aliphatic rings. The Bertz CT molecular complexity index is 876. The molecular formula is C20H20N2O5. The van der Waals surface area contributed by atoms with Crippen molar-refractivity contribution in [2.75, 3.05) is 5.32 Å². The van der Waals surface area contributed by atoms with E-state index in [9.17, 15) is 24.6 Å². The fraction of sp³-hybridized carbons (Fsp3) is 0.250. The summed E-state index contributed by atoms with van der Waals surface area (Å²) in [5.74, 6) is -1.59. The number of hydrogen-bond acceptors (Lipinski definition) is 4. The Kier molecular flexibility index (Phi) is 5.40. The van der Waals surface area contributed by atoms with Crippen molar-refractivity contribution in [3.05, 3.63) is 59.2 Å². The molecular weight excluding hydrogens is 348 g/mol. The van der Waals surface area contributed by atoms with Gasteiger partial charge in [-0.25, -0.2) is 4.79 Å². The van der Waals surface area contributed by atoms with Gasteiger partial charge in [-0.15, -0.1) is 0 Å². The Morgan fingerprint density at radius 3 is 2.56 bits per heavy atom. The van der Waals surface area contributed by atoms with Crippen LogP contribution in [-0.2, 0) is 22.4 Å². The molecule has 4 N–H and O–H groups in total. The van der Waals surface area contributed by atoms with E-state index in [-0.39, 0.29) is 18.1 Å². The van der Waals surface area contributed by atoms with Crippen LogP contribution in [0.2, 0.25) is 0 Å². The third-order valence-electron chi connectivity index (χ3n) is 4.47. The van der Waals surface area contributed by atoms with E-state index in [4.69, 9.17) is 0 Å². The summed E-state index contributed by atoms with van der Waals surface area (Å²) in [4.78, 5) is 35.7. The maximum absolute atomic E-state index is 12.5. The number of phenols is 1. The normalized spacial score (nSPS) is 14.4. The second-order valence-electron chi connectivity index (χ2n) is 6.51. The van der Waals surface area contributed by atoms with Crippen molar-refractivity contribution in [3.63, 3.8) is 0 Å². The van der Waals surface area contributed by atoms with Crippen LogP contribution in [0, 0.1) is 0 Å². The Balaban J connectivity index is 1.74. The van der Waals surface area contributed by atoms with Crippen molar-refractivity contribution in [2.24, 2.45) is 0 Å². The topological polar surface area (TPSA) is 116 Å². The van der Waals surface area contributed by atoms with Crippen molar-refractivity contribution >= 4 is 23.5 Å². The number of carbonyl (C=O) groups excluding carboxylic acids is 2. The van der Waals surface area contributed by atoms with Crippen LogP contribution < -0.4 is 10.6 Å². The van der Waals surface area contributed by atoms with Crippen molar-refractivity contribution in [2.45, 2.75) is 31.7 Å². The van der Waals surface area contributed by atoms with E-state index < -0.39 is 17.9 Å². The van der Waals surface area contributed by atoms with E-state index in [1.54, 1.807) is 30.3 Å². The summed E-state index contributed by atoms with van der Waals surface area (Å²) >= 11 is 0. The summed E-state index contributed by atoms with van der Waals surface area (Å²) < 4.78 is 0. The molecule has 0 fully saturated rings. The maximum atomic E-state index is 12.5. The van der Waals surface area contributed by atoms with E-state index >= 15 is 0 Å². The number of anilines is 1. The van der Waals surface area contributed by atoms with Gasteiger partial charge in [0, 0.05) is 24.1 Å². The molecule has 2 aromatic rings. The lowest BCUT2D eigenvalue weighted by Crippen LogP contribution is -2.42. The molecule has 1 atom stereocenters. The molecule has 0 bridgehead atoms. The first kappa shape index (κ1) is 18.4. The number of hydrogen-bond donors (Lipinski definition) is 4. The zero-order valence-electron chi connectivity index (χ0n) is 14.6. The number of amides is 2. The van der Waals surface area contributed by atoms with Gasteiger partial charge in [0.2, 0.25) is 5.91 Å². The van der Waals surface area contributed by atoms with Gasteiger partial charge in [0.25, 0.3) is 5.91 Å². The molecule has 1 aliphatic heterocycles. The second kappa shape index (κ2) is 7.90. The number of fused-ring (bicyclic) bond motifs is 1. The molecule has 0 aliphatic carbocycles. The quantitative estimate of drug-likeness (QED) is 0.645. The summed E-state index contributed by atoms with van der Waals surface area (Å²) in [5, 5.41) is 24.1. The summed E-state index contributed by atoms with van der Waals surface area (Å²) in [7, 11) is 0. The van der Waals surface area contributed by atoms with Crippen LogP contribution in [0.4, 0.5) is 5.69 Å². The first-order valence-corrected chi connectivity index (χ1v) is 8.67. The first-order chi connectivity index (χ1) is 12.9. The van der Waals surface area contributed by atoms with Crippen LogP contribution in [0.25, 0.3) is 0 Å². The molecule has 1 heterocycles. The van der Waals surface area contributed by atoms with Gasteiger partial charge in [-0.3, -0.25) is 9.59 Å². The molecule has 0 saturated heterocycles. The molecule has 27 heavy (non-hydrogen) atoms. The highest BCUT2D eigenvalue weighted by Gasteiger charge is 2.22.